The molecule has 2 heterocycles. The molecular weight excluding hydrogens is 697 g/mol. The predicted molar refractivity (Wildman–Crippen MR) is 191 cm³/mol. The lowest BCUT2D eigenvalue weighted by Gasteiger charge is -2.36. The van der Waals surface area contributed by atoms with Crippen LogP contribution < -0.4 is 21.5 Å². The number of nitrogens with zero attached hydrogens (tertiary/aromatic N) is 2. The highest BCUT2D eigenvalue weighted by Crippen LogP contribution is 2.33. The van der Waals surface area contributed by atoms with Gasteiger partial charge in [-0.1, -0.05) is 24.3 Å². The number of anilines is 1. The van der Waals surface area contributed by atoms with Crippen molar-refractivity contribution in [3.05, 3.63) is 82.4 Å². The van der Waals surface area contributed by atoms with Crippen molar-refractivity contribution in [3.8, 4) is 11.1 Å². The molecule has 16 heteroatoms. The number of carbonyl (C=O) groups is 4. The monoisotopic (exact) mass is 740 g/mol. The molecule has 5 rings (SSSR count). The number of rotatable bonds is 9. The van der Waals surface area contributed by atoms with Gasteiger partial charge in [0, 0.05) is 37.0 Å². The molecule has 2 aromatic carbocycles. The number of H-pyrrole nitrogens is 2. The summed E-state index contributed by atoms with van der Waals surface area (Å²) in [5, 5.41) is 15.8. The lowest BCUT2D eigenvalue weighted by molar-refractivity contribution is -0.192. The Morgan fingerprint density at radius 3 is 2.23 bits per heavy atom. The van der Waals surface area contributed by atoms with Gasteiger partial charge in [-0.3, -0.25) is 34.5 Å². The Balaban J connectivity index is 0.000000815. The van der Waals surface area contributed by atoms with Crippen molar-refractivity contribution >= 4 is 40.5 Å². The molecule has 0 spiro atoms. The second-order valence-electron chi connectivity index (χ2n) is 13.9. The zero-order valence-electron chi connectivity index (χ0n) is 29.8. The van der Waals surface area contributed by atoms with Crippen LogP contribution in [-0.2, 0) is 25.5 Å². The third-order valence-corrected chi connectivity index (χ3v) is 8.80. The maximum absolute atomic E-state index is 14.3. The smallest absolute Gasteiger partial charge is 0.475 e. The van der Waals surface area contributed by atoms with Crippen LogP contribution in [0.1, 0.15) is 57.6 Å². The Hall–Kier alpha value is -5.67. The Kier molecular flexibility index (Phi) is 12.7. The number of primary amides is 1. The number of ether oxygens (including phenoxy) is 1. The normalized spacial score (nSPS) is 16.5. The Bertz CT molecular complexity index is 1980. The van der Waals surface area contributed by atoms with Crippen LogP contribution in [0.3, 0.4) is 0 Å². The molecule has 4 aromatic rings. The number of pyridine rings is 1. The zero-order chi connectivity index (χ0) is 39.1. The van der Waals surface area contributed by atoms with E-state index in [4.69, 9.17) is 20.4 Å². The minimum Gasteiger partial charge on any atom is -0.475 e. The average Bonchev–Trinajstić information content (AvgIpc) is 3.46. The Labute approximate surface area is 303 Å². The number of aromatic nitrogens is 3. The summed E-state index contributed by atoms with van der Waals surface area (Å²) in [7, 11) is 0. The number of aryl methyl sites for hydroxylation is 1. The highest BCUT2D eigenvalue weighted by molar-refractivity contribution is 6.03. The van der Waals surface area contributed by atoms with Crippen LogP contribution in [0.5, 0.6) is 0 Å². The second kappa shape index (κ2) is 16.8. The number of hydrogen-bond acceptors (Lipinski definition) is 7. The van der Waals surface area contributed by atoms with E-state index in [1.165, 1.54) is 4.90 Å². The van der Waals surface area contributed by atoms with Crippen molar-refractivity contribution in [2.75, 3.05) is 11.4 Å². The molecule has 6 N–H and O–H groups in total. The lowest BCUT2D eigenvalue weighted by Crippen LogP contribution is -2.52. The van der Waals surface area contributed by atoms with Gasteiger partial charge in [0.2, 0.25) is 11.8 Å². The van der Waals surface area contributed by atoms with Crippen molar-refractivity contribution < 1.29 is 42.2 Å². The topological polar surface area (TPSA) is 201 Å². The molecule has 1 aliphatic rings. The first-order chi connectivity index (χ1) is 24.8. The van der Waals surface area contributed by atoms with Crippen LogP contribution >= 0.6 is 0 Å². The predicted octanol–water partition coefficient (Wildman–Crippen LogP) is 5.62. The summed E-state index contributed by atoms with van der Waals surface area (Å²) in [6.45, 7) is 7.92. The molecule has 0 unspecified atom stereocenters. The van der Waals surface area contributed by atoms with Gasteiger partial charge in [0.25, 0.3) is 5.56 Å². The number of carbonyl (C=O) groups excluding carboxylic acids is 3. The Morgan fingerprint density at radius 1 is 1.02 bits per heavy atom. The number of aliphatic carboxylic acids is 1. The van der Waals surface area contributed by atoms with Gasteiger partial charge in [0.1, 0.15) is 11.6 Å². The van der Waals surface area contributed by atoms with E-state index in [2.05, 4.69) is 20.5 Å². The van der Waals surface area contributed by atoms with E-state index in [1.807, 2.05) is 64.2 Å². The number of nitrogens with two attached hydrogens (primary N) is 1. The van der Waals surface area contributed by atoms with Gasteiger partial charge >= 0.3 is 18.2 Å². The number of benzene rings is 2. The molecule has 1 atom stereocenters. The summed E-state index contributed by atoms with van der Waals surface area (Å²) < 4.78 is 37.1. The fourth-order valence-corrected chi connectivity index (χ4v) is 6.15. The molecule has 0 radical (unpaired) electrons. The van der Waals surface area contributed by atoms with E-state index in [1.54, 1.807) is 24.4 Å². The van der Waals surface area contributed by atoms with Crippen molar-refractivity contribution in [1.29, 1.82) is 0 Å². The standard InChI is InChI=1S/C35H42N6O5.C2HF3O2/c1-21-19-37-16-15-27(21)24-9-5-22(6-10-24)17-30(31(36)42)41(26-13-14-28-29(18-26)39-40-32(28)43)33(44)25-11-7-23(8-12-25)20-38-34(45)46-35(2,3)4;3-2(4,5)1(6)7/h5-6,9-10,13-16,18-19,23,25,30H,7-8,11-12,17,20H2,1-4H3,(H2,36,42)(H,38,45)(H2,39,40,43);(H,6,7)/t23-,25-,30-;/m0./s1. The SMILES string of the molecule is Cc1cnccc1-c1ccc(C[C@@H](C(N)=O)N(c2ccc3c(=O)[nH][nH]c3c2)C(=O)[C@H]2CC[C@H](CNC(=O)OC(C)(C)C)CC2)cc1.O=C(O)C(F)(F)F. The van der Waals surface area contributed by atoms with E-state index >= 15 is 0 Å². The summed E-state index contributed by atoms with van der Waals surface area (Å²) >= 11 is 0. The first-order valence-electron chi connectivity index (χ1n) is 16.9. The summed E-state index contributed by atoms with van der Waals surface area (Å²) in [4.78, 5) is 66.3. The number of carboxylic acid groups (broad SMARTS) is 1. The minimum absolute atomic E-state index is 0.191. The summed E-state index contributed by atoms with van der Waals surface area (Å²) in [6.07, 6.45) is 0.923. The van der Waals surface area contributed by atoms with Gasteiger partial charge in [-0.25, -0.2) is 9.59 Å². The summed E-state index contributed by atoms with van der Waals surface area (Å²) in [5.74, 6) is -3.70. The van der Waals surface area contributed by atoms with Crippen LogP contribution in [0, 0.1) is 18.8 Å². The van der Waals surface area contributed by atoms with Gasteiger partial charge in [-0.2, -0.15) is 13.2 Å². The molecular formula is C37H43F3N6O7. The number of halogens is 3. The van der Waals surface area contributed by atoms with Crippen molar-refractivity contribution in [3.63, 3.8) is 0 Å². The highest BCUT2D eigenvalue weighted by atomic mass is 19.4. The third-order valence-electron chi connectivity index (χ3n) is 8.80. The quantitative estimate of drug-likeness (QED) is 0.146. The molecule has 0 aliphatic heterocycles. The van der Waals surface area contributed by atoms with Crippen LogP contribution in [0.4, 0.5) is 23.7 Å². The fourth-order valence-electron chi connectivity index (χ4n) is 6.15. The number of alkyl halides is 3. The fraction of sp³-hybridized carbons (Fsp3) is 0.405. The van der Waals surface area contributed by atoms with Crippen molar-refractivity contribution in [2.45, 2.75) is 77.6 Å². The molecule has 0 bridgehead atoms. The first-order valence-corrected chi connectivity index (χ1v) is 16.9. The number of alkyl carbamates (subject to hydrolysis) is 1. The first kappa shape index (κ1) is 40.1. The second-order valence-corrected chi connectivity index (χ2v) is 13.9. The third kappa shape index (κ3) is 10.9. The summed E-state index contributed by atoms with van der Waals surface area (Å²) in [6, 6.07) is 13.9. The zero-order valence-corrected chi connectivity index (χ0v) is 29.8. The van der Waals surface area contributed by atoms with Crippen LogP contribution in [-0.4, -0.2) is 68.5 Å². The van der Waals surface area contributed by atoms with E-state index < -0.39 is 35.8 Å². The molecule has 1 saturated carbocycles. The van der Waals surface area contributed by atoms with Crippen LogP contribution in [0.25, 0.3) is 22.0 Å². The molecule has 3 amide bonds. The highest BCUT2D eigenvalue weighted by Gasteiger charge is 2.38. The molecule has 0 saturated heterocycles. The van der Waals surface area contributed by atoms with E-state index in [9.17, 15) is 32.3 Å². The number of fused-ring (bicyclic) bond motifs is 1. The largest absolute Gasteiger partial charge is 0.490 e. The minimum atomic E-state index is -5.08. The maximum atomic E-state index is 14.3. The van der Waals surface area contributed by atoms with E-state index in [0.29, 0.717) is 36.0 Å². The lowest BCUT2D eigenvalue weighted by atomic mass is 9.81. The number of aromatic amines is 2. The number of carboxylic acids is 1. The molecule has 53 heavy (non-hydrogen) atoms. The van der Waals surface area contributed by atoms with Gasteiger partial charge in [0.15, 0.2) is 0 Å². The molecule has 1 aliphatic carbocycles. The van der Waals surface area contributed by atoms with Gasteiger partial charge in [-0.15, -0.1) is 0 Å². The van der Waals surface area contributed by atoms with Gasteiger partial charge in [0.05, 0.1) is 10.9 Å². The van der Waals surface area contributed by atoms with Gasteiger partial charge in [-0.05, 0) is 106 Å². The van der Waals surface area contributed by atoms with Gasteiger partial charge < -0.3 is 20.9 Å². The van der Waals surface area contributed by atoms with Crippen LogP contribution in [0.2, 0.25) is 0 Å². The Morgan fingerprint density at radius 2 is 1.66 bits per heavy atom. The van der Waals surface area contributed by atoms with E-state index in [0.717, 1.165) is 35.1 Å². The molecule has 13 nitrogen and oxygen atoms in total. The van der Waals surface area contributed by atoms with Crippen molar-refractivity contribution in [1.82, 2.24) is 20.5 Å². The van der Waals surface area contributed by atoms with Crippen molar-refractivity contribution in [2.24, 2.45) is 17.6 Å². The summed E-state index contributed by atoms with van der Waals surface area (Å²) in [5.41, 5.74) is 10.2. The van der Waals surface area contributed by atoms with E-state index in [-0.39, 0.29) is 29.7 Å². The molecule has 1 fully saturated rings. The molecule has 284 valence electrons. The average molecular weight is 741 g/mol. The molecule has 2 aromatic heterocycles. The number of amides is 3. The maximum Gasteiger partial charge on any atom is 0.490 e. The number of nitrogens with one attached hydrogen (secondary N) is 3. The number of hydrogen-bond donors (Lipinski definition) is 5. The van der Waals surface area contributed by atoms with Crippen LogP contribution in [0.15, 0.2) is 65.7 Å².